The summed E-state index contributed by atoms with van der Waals surface area (Å²) in [5.74, 6) is 0. The third-order valence-corrected chi connectivity index (χ3v) is 4.40. The Balaban J connectivity index is 1.52. The van der Waals surface area contributed by atoms with E-state index in [4.69, 9.17) is 0 Å². The van der Waals surface area contributed by atoms with Gasteiger partial charge in [0, 0.05) is 37.6 Å². The van der Waals surface area contributed by atoms with Crippen molar-refractivity contribution >= 4 is 5.65 Å². The molecule has 0 spiro atoms. The van der Waals surface area contributed by atoms with E-state index in [2.05, 4.69) is 37.9 Å². The quantitative estimate of drug-likeness (QED) is 0.793. The van der Waals surface area contributed by atoms with Gasteiger partial charge < -0.3 is 0 Å². The first-order chi connectivity index (χ1) is 11.2. The van der Waals surface area contributed by atoms with E-state index >= 15 is 0 Å². The smallest absolute Gasteiger partial charge is 0.272 e. The zero-order valence-corrected chi connectivity index (χ0v) is 13.1. The Bertz CT molecular complexity index is 876. The molecule has 0 saturated carbocycles. The summed E-state index contributed by atoms with van der Waals surface area (Å²) in [5.41, 5.74) is 2.62. The molecule has 1 aliphatic heterocycles. The third-order valence-electron chi connectivity index (χ3n) is 4.40. The van der Waals surface area contributed by atoms with E-state index in [1.807, 2.05) is 12.3 Å². The average molecular weight is 312 g/mol. The number of piperidine rings is 1. The van der Waals surface area contributed by atoms with Crippen molar-refractivity contribution < 1.29 is 0 Å². The minimum atomic E-state index is -0.0636. The van der Waals surface area contributed by atoms with Gasteiger partial charge in [0.1, 0.15) is 0 Å². The van der Waals surface area contributed by atoms with E-state index in [-0.39, 0.29) is 5.56 Å². The van der Waals surface area contributed by atoms with Crippen molar-refractivity contribution in [3.63, 3.8) is 0 Å². The second-order valence-electron chi connectivity index (χ2n) is 6.27. The molecule has 7 heteroatoms. The molecule has 3 aromatic rings. The van der Waals surface area contributed by atoms with Crippen molar-refractivity contribution in [3.05, 3.63) is 52.3 Å². The molecule has 0 radical (unpaired) electrons. The van der Waals surface area contributed by atoms with Gasteiger partial charge in [-0.05, 0) is 31.9 Å². The number of aryl methyl sites for hydroxylation is 1. The van der Waals surface area contributed by atoms with Gasteiger partial charge in [-0.15, -0.1) is 0 Å². The van der Waals surface area contributed by atoms with Crippen molar-refractivity contribution in [2.75, 3.05) is 13.1 Å². The highest BCUT2D eigenvalue weighted by atomic mass is 16.1. The van der Waals surface area contributed by atoms with Crippen LogP contribution in [0.2, 0.25) is 0 Å². The van der Waals surface area contributed by atoms with Crippen LogP contribution in [-0.4, -0.2) is 42.4 Å². The van der Waals surface area contributed by atoms with Crippen molar-refractivity contribution in [1.29, 1.82) is 0 Å². The van der Waals surface area contributed by atoms with Crippen LogP contribution in [0.3, 0.4) is 0 Å². The van der Waals surface area contributed by atoms with E-state index in [0.717, 1.165) is 31.6 Å². The van der Waals surface area contributed by atoms with Crippen molar-refractivity contribution in [2.24, 2.45) is 0 Å². The largest absolute Gasteiger partial charge is 0.297 e. The summed E-state index contributed by atoms with van der Waals surface area (Å²) in [4.78, 5) is 19.0. The van der Waals surface area contributed by atoms with Gasteiger partial charge >= 0.3 is 0 Å². The normalized spacial score (nSPS) is 19.4. The molecule has 1 unspecified atom stereocenters. The average Bonchev–Trinajstić information content (AvgIpc) is 3.16. The molecule has 7 nitrogen and oxygen atoms in total. The van der Waals surface area contributed by atoms with Crippen LogP contribution in [0.4, 0.5) is 0 Å². The van der Waals surface area contributed by atoms with Gasteiger partial charge in [0.25, 0.3) is 5.56 Å². The fourth-order valence-corrected chi connectivity index (χ4v) is 3.31. The highest BCUT2D eigenvalue weighted by molar-refractivity contribution is 5.36. The van der Waals surface area contributed by atoms with Crippen LogP contribution in [0.1, 0.15) is 30.1 Å². The molecule has 0 aromatic carbocycles. The number of fused-ring (bicyclic) bond motifs is 1. The molecule has 0 amide bonds. The molecule has 1 atom stereocenters. The van der Waals surface area contributed by atoms with Crippen molar-refractivity contribution in [1.82, 2.24) is 29.3 Å². The second kappa shape index (κ2) is 5.66. The predicted octanol–water partition coefficient (Wildman–Crippen LogP) is 1.36. The number of nitrogens with one attached hydrogen (secondary N) is 1. The Morgan fingerprint density at radius 2 is 2.35 bits per heavy atom. The molecule has 1 N–H and O–H groups in total. The van der Waals surface area contributed by atoms with E-state index in [1.54, 1.807) is 12.3 Å². The predicted molar refractivity (Wildman–Crippen MR) is 86.3 cm³/mol. The zero-order chi connectivity index (χ0) is 15.8. The Kier molecular flexibility index (Phi) is 3.49. The Morgan fingerprint density at radius 1 is 1.43 bits per heavy atom. The van der Waals surface area contributed by atoms with Gasteiger partial charge in [0.15, 0.2) is 5.65 Å². The molecule has 23 heavy (non-hydrogen) atoms. The molecule has 0 aliphatic carbocycles. The number of likely N-dealkylation sites (tertiary alicyclic amines) is 1. The molecule has 0 bridgehead atoms. The van der Waals surface area contributed by atoms with Gasteiger partial charge in [-0.25, -0.2) is 9.50 Å². The van der Waals surface area contributed by atoms with Crippen molar-refractivity contribution in [2.45, 2.75) is 32.4 Å². The van der Waals surface area contributed by atoms with Crippen LogP contribution in [0, 0.1) is 6.92 Å². The lowest BCUT2D eigenvalue weighted by Crippen LogP contribution is -2.36. The Morgan fingerprint density at radius 3 is 3.17 bits per heavy atom. The number of hydrogen-bond acceptors (Lipinski definition) is 4. The maximum atomic E-state index is 12.0. The Hall–Kier alpha value is -2.41. The van der Waals surface area contributed by atoms with Crippen LogP contribution in [0.15, 0.2) is 35.5 Å². The number of hydrogen-bond donors (Lipinski definition) is 1. The van der Waals surface area contributed by atoms with Crippen molar-refractivity contribution in [3.8, 4) is 0 Å². The molecular weight excluding hydrogens is 292 g/mol. The van der Waals surface area contributed by atoms with Gasteiger partial charge in [-0.2, -0.15) is 5.10 Å². The van der Waals surface area contributed by atoms with Gasteiger partial charge in [0.2, 0.25) is 0 Å². The lowest BCUT2D eigenvalue weighted by molar-refractivity contribution is 0.161. The topological polar surface area (TPSA) is 71.2 Å². The van der Waals surface area contributed by atoms with Crippen LogP contribution < -0.4 is 5.56 Å². The molecule has 1 fully saturated rings. The van der Waals surface area contributed by atoms with E-state index < -0.39 is 0 Å². The minimum absolute atomic E-state index is 0.0636. The fraction of sp³-hybridized carbons (Fsp3) is 0.438. The Labute approximate surface area is 133 Å². The number of rotatable bonds is 3. The number of H-pyrrole nitrogens is 1. The first-order valence-electron chi connectivity index (χ1n) is 7.98. The zero-order valence-electron chi connectivity index (χ0n) is 13.1. The second-order valence-corrected chi connectivity index (χ2v) is 6.27. The summed E-state index contributed by atoms with van der Waals surface area (Å²) in [5, 5.41) is 7.31. The first-order valence-corrected chi connectivity index (χ1v) is 7.98. The summed E-state index contributed by atoms with van der Waals surface area (Å²) in [6, 6.07) is 3.83. The molecular formula is C16H20N6O. The summed E-state index contributed by atoms with van der Waals surface area (Å²) in [7, 11) is 0. The standard InChI is InChI=1S/C16H20N6O/c1-12-8-18-21(9-12)14-3-2-6-20(11-14)10-13-7-16(23)22-15(19-13)4-5-17-22/h4-5,7-9,14,17H,2-3,6,10-11H2,1H3. The van der Waals surface area contributed by atoms with Crippen LogP contribution >= 0.6 is 0 Å². The maximum Gasteiger partial charge on any atom is 0.272 e. The molecule has 3 aromatic heterocycles. The summed E-state index contributed by atoms with van der Waals surface area (Å²) >= 11 is 0. The van der Waals surface area contributed by atoms with Gasteiger partial charge in [-0.1, -0.05) is 0 Å². The molecule has 1 saturated heterocycles. The lowest BCUT2D eigenvalue weighted by atomic mass is 10.1. The molecule has 4 rings (SSSR count). The molecule has 4 heterocycles. The van der Waals surface area contributed by atoms with Crippen LogP contribution in [-0.2, 0) is 6.54 Å². The third kappa shape index (κ3) is 2.79. The first kappa shape index (κ1) is 14.2. The van der Waals surface area contributed by atoms with Gasteiger partial charge in [0.05, 0.1) is 17.9 Å². The van der Waals surface area contributed by atoms with Crippen LogP contribution in [0.25, 0.3) is 5.65 Å². The summed E-state index contributed by atoms with van der Waals surface area (Å²) in [6.45, 7) is 4.74. The highest BCUT2D eigenvalue weighted by Crippen LogP contribution is 2.22. The lowest BCUT2D eigenvalue weighted by Gasteiger charge is -2.32. The van der Waals surface area contributed by atoms with E-state index in [9.17, 15) is 4.79 Å². The maximum absolute atomic E-state index is 12.0. The molecule has 120 valence electrons. The number of aromatic amines is 1. The number of nitrogens with zero attached hydrogens (tertiary/aromatic N) is 5. The monoisotopic (exact) mass is 312 g/mol. The SMILES string of the molecule is Cc1cnn(C2CCCN(Cc3cc(=O)n4[nH]ccc4n3)C2)c1. The van der Waals surface area contributed by atoms with Gasteiger partial charge in [-0.3, -0.25) is 19.5 Å². The van der Waals surface area contributed by atoms with E-state index in [0.29, 0.717) is 18.2 Å². The number of aromatic nitrogens is 5. The summed E-state index contributed by atoms with van der Waals surface area (Å²) < 4.78 is 3.52. The van der Waals surface area contributed by atoms with Crippen LogP contribution in [0.5, 0.6) is 0 Å². The highest BCUT2D eigenvalue weighted by Gasteiger charge is 2.22. The minimum Gasteiger partial charge on any atom is -0.297 e. The molecule has 1 aliphatic rings. The summed E-state index contributed by atoms with van der Waals surface area (Å²) in [6.07, 6.45) is 8.01. The van der Waals surface area contributed by atoms with E-state index in [1.165, 1.54) is 10.1 Å². The fourth-order valence-electron chi connectivity index (χ4n) is 3.31.